The number of rotatable bonds is 4. The molecule has 0 aliphatic carbocycles. The van der Waals surface area contributed by atoms with E-state index in [0.29, 0.717) is 20.9 Å². The fraction of sp³-hybridized carbons (Fsp3) is 0.400. The summed E-state index contributed by atoms with van der Waals surface area (Å²) < 4.78 is 6.48. The summed E-state index contributed by atoms with van der Waals surface area (Å²) in [5.74, 6) is 0.951. The summed E-state index contributed by atoms with van der Waals surface area (Å²) in [7, 11) is 1.70. The van der Waals surface area contributed by atoms with Gasteiger partial charge in [-0.1, -0.05) is 0 Å². The standard InChI is InChI=1S/C10H14OTe/c1-11-10-5-3-9(4-6-10)7-8-12-2/h3-6H,7-8H2,1-2H3. The van der Waals surface area contributed by atoms with Gasteiger partial charge in [-0.3, -0.25) is 0 Å². The van der Waals surface area contributed by atoms with Crippen molar-refractivity contribution in [3.8, 4) is 5.75 Å². The van der Waals surface area contributed by atoms with E-state index < -0.39 is 0 Å². The zero-order valence-electron chi connectivity index (χ0n) is 7.54. The molecule has 2 heteroatoms. The van der Waals surface area contributed by atoms with Gasteiger partial charge in [0.05, 0.1) is 0 Å². The van der Waals surface area contributed by atoms with E-state index in [1.165, 1.54) is 16.5 Å². The van der Waals surface area contributed by atoms with Gasteiger partial charge in [-0.05, 0) is 0 Å². The van der Waals surface area contributed by atoms with Crippen molar-refractivity contribution in [2.75, 3.05) is 7.11 Å². The Morgan fingerprint density at radius 2 is 1.92 bits per heavy atom. The average molecular weight is 278 g/mol. The van der Waals surface area contributed by atoms with Gasteiger partial charge in [0.2, 0.25) is 0 Å². The van der Waals surface area contributed by atoms with Crippen molar-refractivity contribution >= 4 is 20.9 Å². The normalized spacial score (nSPS) is 9.83. The molecule has 0 heterocycles. The summed E-state index contributed by atoms with van der Waals surface area (Å²) in [6, 6.07) is 8.38. The second-order valence-electron chi connectivity index (χ2n) is 2.59. The second kappa shape index (κ2) is 5.45. The fourth-order valence-electron chi connectivity index (χ4n) is 1.01. The minimum absolute atomic E-state index is 0.290. The van der Waals surface area contributed by atoms with Crippen LogP contribution in [-0.4, -0.2) is 28.0 Å². The van der Waals surface area contributed by atoms with Gasteiger partial charge in [0.15, 0.2) is 0 Å². The first-order valence-electron chi connectivity index (χ1n) is 3.98. The maximum atomic E-state index is 5.08. The first-order chi connectivity index (χ1) is 5.86. The Labute approximate surface area is 84.2 Å². The molecule has 0 unspecified atom stereocenters. The number of hydrogen-bond acceptors (Lipinski definition) is 1. The van der Waals surface area contributed by atoms with Gasteiger partial charge in [0.25, 0.3) is 0 Å². The van der Waals surface area contributed by atoms with E-state index >= 15 is 0 Å². The molecule has 1 rings (SSSR count). The van der Waals surface area contributed by atoms with E-state index in [1.807, 2.05) is 12.1 Å². The molecule has 12 heavy (non-hydrogen) atoms. The number of benzene rings is 1. The molecule has 0 aromatic heterocycles. The van der Waals surface area contributed by atoms with Gasteiger partial charge in [-0.15, -0.1) is 0 Å². The van der Waals surface area contributed by atoms with Gasteiger partial charge in [-0.2, -0.15) is 0 Å². The van der Waals surface area contributed by atoms with Crippen molar-refractivity contribution in [2.45, 2.75) is 15.9 Å². The van der Waals surface area contributed by atoms with Crippen molar-refractivity contribution in [2.24, 2.45) is 0 Å². The van der Waals surface area contributed by atoms with Gasteiger partial charge in [-0.25, -0.2) is 0 Å². The first kappa shape index (κ1) is 9.89. The van der Waals surface area contributed by atoms with E-state index in [2.05, 4.69) is 17.1 Å². The van der Waals surface area contributed by atoms with Crippen LogP contribution in [0.5, 0.6) is 5.75 Å². The van der Waals surface area contributed by atoms with Crippen LogP contribution in [-0.2, 0) is 6.42 Å². The number of methoxy groups -OCH3 is 1. The molecule has 0 saturated heterocycles. The van der Waals surface area contributed by atoms with Crippen molar-refractivity contribution in [3.63, 3.8) is 0 Å². The van der Waals surface area contributed by atoms with Crippen molar-refractivity contribution in [1.29, 1.82) is 0 Å². The summed E-state index contributed by atoms with van der Waals surface area (Å²) >= 11 is 0.290. The van der Waals surface area contributed by atoms with E-state index in [0.717, 1.165) is 5.75 Å². The molecule has 0 N–H and O–H groups in total. The van der Waals surface area contributed by atoms with Crippen LogP contribution in [0.2, 0.25) is 9.44 Å². The molecular weight excluding hydrogens is 264 g/mol. The maximum absolute atomic E-state index is 5.08. The Bertz CT molecular complexity index is 218. The molecule has 1 aromatic carbocycles. The Morgan fingerprint density at radius 3 is 2.42 bits per heavy atom. The Kier molecular flexibility index (Phi) is 4.50. The monoisotopic (exact) mass is 280 g/mol. The molecule has 0 aliphatic rings. The molecule has 0 fully saturated rings. The van der Waals surface area contributed by atoms with Crippen LogP contribution >= 0.6 is 0 Å². The van der Waals surface area contributed by atoms with Crippen LogP contribution < -0.4 is 4.74 Å². The first-order valence-corrected chi connectivity index (χ1v) is 7.96. The zero-order valence-corrected chi connectivity index (χ0v) is 9.87. The molecule has 66 valence electrons. The summed E-state index contributed by atoms with van der Waals surface area (Å²) in [6.07, 6.45) is 1.24. The molecule has 1 nitrogen and oxygen atoms in total. The molecule has 0 spiro atoms. The number of aryl methyl sites for hydroxylation is 1. The van der Waals surface area contributed by atoms with E-state index in [-0.39, 0.29) is 0 Å². The predicted molar refractivity (Wildman–Crippen MR) is 53.1 cm³/mol. The van der Waals surface area contributed by atoms with Gasteiger partial charge >= 0.3 is 84.2 Å². The topological polar surface area (TPSA) is 9.23 Å². The Balaban J connectivity index is 2.53. The van der Waals surface area contributed by atoms with E-state index in [1.54, 1.807) is 7.11 Å². The molecule has 0 amide bonds. The molecule has 0 radical (unpaired) electrons. The van der Waals surface area contributed by atoms with E-state index in [9.17, 15) is 0 Å². The summed E-state index contributed by atoms with van der Waals surface area (Å²) in [4.78, 5) is 2.34. The Hall–Kier alpha value is -0.190. The van der Waals surface area contributed by atoms with Gasteiger partial charge in [0, 0.05) is 0 Å². The van der Waals surface area contributed by atoms with Crippen LogP contribution in [0.4, 0.5) is 0 Å². The second-order valence-corrected chi connectivity index (χ2v) is 5.40. The van der Waals surface area contributed by atoms with Crippen molar-refractivity contribution in [1.82, 2.24) is 0 Å². The fourth-order valence-corrected chi connectivity index (χ4v) is 2.27. The Morgan fingerprint density at radius 1 is 1.25 bits per heavy atom. The third-order valence-electron chi connectivity index (χ3n) is 1.75. The summed E-state index contributed by atoms with van der Waals surface area (Å²) in [6.45, 7) is 0. The van der Waals surface area contributed by atoms with Crippen LogP contribution in [0.25, 0.3) is 0 Å². The molecule has 0 atom stereocenters. The molecule has 0 saturated carbocycles. The van der Waals surface area contributed by atoms with Crippen molar-refractivity contribution < 1.29 is 4.74 Å². The van der Waals surface area contributed by atoms with Crippen LogP contribution in [0, 0.1) is 0 Å². The third kappa shape index (κ3) is 3.05. The quantitative estimate of drug-likeness (QED) is 0.768. The minimum atomic E-state index is 0.290. The predicted octanol–water partition coefficient (Wildman–Crippen LogP) is 2.41. The van der Waals surface area contributed by atoms with E-state index in [4.69, 9.17) is 4.74 Å². The van der Waals surface area contributed by atoms with Gasteiger partial charge < -0.3 is 0 Å². The van der Waals surface area contributed by atoms with Crippen LogP contribution in [0.3, 0.4) is 0 Å². The molecule has 1 aromatic rings. The van der Waals surface area contributed by atoms with Crippen LogP contribution in [0.1, 0.15) is 5.56 Å². The van der Waals surface area contributed by atoms with Crippen LogP contribution in [0.15, 0.2) is 24.3 Å². The third-order valence-corrected chi connectivity index (χ3v) is 3.50. The number of hydrogen-bond donors (Lipinski definition) is 0. The molecular formula is C10H14OTe. The molecule has 0 aliphatic heterocycles. The molecule has 0 bridgehead atoms. The average Bonchev–Trinajstić information content (AvgIpc) is 2.15. The van der Waals surface area contributed by atoms with Crippen molar-refractivity contribution in [3.05, 3.63) is 29.8 Å². The number of ether oxygens (including phenoxy) is 1. The van der Waals surface area contributed by atoms with Gasteiger partial charge in [0.1, 0.15) is 0 Å². The summed E-state index contributed by atoms with van der Waals surface area (Å²) in [5.41, 5.74) is 1.43. The zero-order chi connectivity index (χ0) is 8.81. The SMILES string of the molecule is COc1ccc(CC[Te]C)cc1. The summed E-state index contributed by atoms with van der Waals surface area (Å²) in [5, 5.41) is 0.